The SMILES string of the molecule is CN(c1cccc(Cl)c1)c1nc2cc(C(=O)O)ccc2c2cnccc12. The number of aromatic carboxylic acids is 1. The molecule has 2 aromatic carbocycles. The minimum Gasteiger partial charge on any atom is -0.478 e. The number of hydrogen-bond acceptors (Lipinski definition) is 4. The Morgan fingerprint density at radius 1 is 1.08 bits per heavy atom. The monoisotopic (exact) mass is 363 g/mol. The minimum absolute atomic E-state index is 0.199. The first-order valence-corrected chi connectivity index (χ1v) is 8.32. The van der Waals surface area contributed by atoms with Crippen LogP contribution in [-0.2, 0) is 0 Å². The summed E-state index contributed by atoms with van der Waals surface area (Å²) in [6.07, 6.45) is 3.49. The summed E-state index contributed by atoms with van der Waals surface area (Å²) in [5.41, 5.74) is 1.69. The van der Waals surface area contributed by atoms with Gasteiger partial charge in [0.2, 0.25) is 0 Å². The number of benzene rings is 2. The number of halogens is 1. The number of fused-ring (bicyclic) bond motifs is 3. The molecule has 0 aliphatic carbocycles. The van der Waals surface area contributed by atoms with E-state index >= 15 is 0 Å². The molecule has 0 fully saturated rings. The molecule has 0 atom stereocenters. The van der Waals surface area contributed by atoms with Crippen LogP contribution in [0.5, 0.6) is 0 Å². The van der Waals surface area contributed by atoms with Crippen LogP contribution >= 0.6 is 11.6 Å². The van der Waals surface area contributed by atoms with Crippen molar-refractivity contribution in [2.45, 2.75) is 0 Å². The maximum absolute atomic E-state index is 11.3. The quantitative estimate of drug-likeness (QED) is 0.524. The van der Waals surface area contributed by atoms with Crippen molar-refractivity contribution >= 4 is 50.8 Å². The fraction of sp³-hybridized carbons (Fsp3) is 0.0500. The Labute approximate surface area is 154 Å². The zero-order valence-corrected chi connectivity index (χ0v) is 14.6. The van der Waals surface area contributed by atoms with E-state index in [0.717, 1.165) is 21.8 Å². The fourth-order valence-electron chi connectivity index (χ4n) is 3.03. The van der Waals surface area contributed by atoms with Crippen LogP contribution in [0, 0.1) is 0 Å². The second kappa shape index (κ2) is 6.28. The van der Waals surface area contributed by atoms with Gasteiger partial charge in [-0.05, 0) is 36.4 Å². The number of carbonyl (C=O) groups is 1. The van der Waals surface area contributed by atoms with Crippen LogP contribution in [0.15, 0.2) is 60.9 Å². The van der Waals surface area contributed by atoms with E-state index in [1.165, 1.54) is 0 Å². The average molecular weight is 364 g/mol. The van der Waals surface area contributed by atoms with Crippen LogP contribution in [-0.4, -0.2) is 28.1 Å². The van der Waals surface area contributed by atoms with Gasteiger partial charge in [-0.3, -0.25) is 4.98 Å². The first-order chi connectivity index (χ1) is 12.5. The molecule has 4 aromatic rings. The van der Waals surface area contributed by atoms with Crippen LogP contribution in [0.1, 0.15) is 10.4 Å². The molecule has 0 aliphatic heterocycles. The summed E-state index contributed by atoms with van der Waals surface area (Å²) in [5.74, 6) is -0.274. The maximum atomic E-state index is 11.3. The molecule has 2 heterocycles. The second-order valence-corrected chi connectivity index (χ2v) is 6.37. The lowest BCUT2D eigenvalue weighted by Gasteiger charge is -2.21. The first kappa shape index (κ1) is 16.3. The van der Waals surface area contributed by atoms with Gasteiger partial charge in [-0.25, -0.2) is 9.78 Å². The molecule has 1 N–H and O–H groups in total. The number of rotatable bonds is 3. The summed E-state index contributed by atoms with van der Waals surface area (Å²) < 4.78 is 0. The van der Waals surface area contributed by atoms with Crippen LogP contribution < -0.4 is 4.90 Å². The van der Waals surface area contributed by atoms with Gasteiger partial charge in [0.1, 0.15) is 5.82 Å². The van der Waals surface area contributed by atoms with Gasteiger partial charge in [0.05, 0.1) is 11.1 Å². The summed E-state index contributed by atoms with van der Waals surface area (Å²) >= 11 is 6.12. The summed E-state index contributed by atoms with van der Waals surface area (Å²) in [6.45, 7) is 0. The van der Waals surface area contributed by atoms with Crippen molar-refractivity contribution in [2.75, 3.05) is 11.9 Å². The highest BCUT2D eigenvalue weighted by Crippen LogP contribution is 2.34. The molecule has 128 valence electrons. The number of nitrogens with zero attached hydrogens (tertiary/aromatic N) is 3. The molecule has 0 spiro atoms. The van der Waals surface area contributed by atoms with Crippen molar-refractivity contribution in [1.82, 2.24) is 9.97 Å². The van der Waals surface area contributed by atoms with E-state index in [4.69, 9.17) is 16.6 Å². The van der Waals surface area contributed by atoms with Gasteiger partial charge < -0.3 is 10.0 Å². The third-order valence-corrected chi connectivity index (χ3v) is 4.57. The zero-order chi connectivity index (χ0) is 18.3. The fourth-order valence-corrected chi connectivity index (χ4v) is 3.21. The normalized spacial score (nSPS) is 11.0. The lowest BCUT2D eigenvalue weighted by Crippen LogP contribution is -2.12. The average Bonchev–Trinajstić information content (AvgIpc) is 2.66. The molecule has 0 unspecified atom stereocenters. The highest BCUT2D eigenvalue weighted by Gasteiger charge is 2.15. The molecule has 6 heteroatoms. The third-order valence-electron chi connectivity index (χ3n) is 4.34. The number of pyridine rings is 2. The van der Waals surface area contributed by atoms with E-state index in [1.807, 2.05) is 42.3 Å². The Balaban J connectivity index is 2.01. The first-order valence-electron chi connectivity index (χ1n) is 7.94. The van der Waals surface area contributed by atoms with Crippen molar-refractivity contribution in [1.29, 1.82) is 0 Å². The van der Waals surface area contributed by atoms with Crippen molar-refractivity contribution < 1.29 is 9.90 Å². The van der Waals surface area contributed by atoms with Gasteiger partial charge in [-0.15, -0.1) is 0 Å². The Kier molecular flexibility index (Phi) is 3.93. The van der Waals surface area contributed by atoms with Gasteiger partial charge in [-0.1, -0.05) is 23.7 Å². The molecule has 0 saturated heterocycles. The predicted octanol–water partition coefficient (Wildman–Crippen LogP) is 4.90. The molecule has 0 saturated carbocycles. The topological polar surface area (TPSA) is 66.3 Å². The van der Waals surface area contributed by atoms with Gasteiger partial charge in [0.25, 0.3) is 0 Å². The summed E-state index contributed by atoms with van der Waals surface area (Å²) in [7, 11) is 1.90. The van der Waals surface area contributed by atoms with Gasteiger partial charge in [0, 0.05) is 46.3 Å². The van der Waals surface area contributed by atoms with Crippen molar-refractivity contribution in [3.8, 4) is 0 Å². The molecule has 0 aliphatic rings. The molecule has 5 nitrogen and oxygen atoms in total. The zero-order valence-electron chi connectivity index (χ0n) is 13.8. The van der Waals surface area contributed by atoms with E-state index in [0.29, 0.717) is 16.4 Å². The third kappa shape index (κ3) is 2.72. The Bertz CT molecular complexity index is 1160. The standard InChI is InChI=1S/C20H14ClN3O2/c1-24(14-4-2-3-13(21)10-14)19-16-7-8-22-11-17(16)15-6-5-12(20(25)26)9-18(15)23-19/h2-11H,1H3,(H,25,26). The van der Waals surface area contributed by atoms with E-state index < -0.39 is 5.97 Å². The lowest BCUT2D eigenvalue weighted by atomic mass is 10.1. The van der Waals surface area contributed by atoms with Gasteiger partial charge >= 0.3 is 5.97 Å². The highest BCUT2D eigenvalue weighted by molar-refractivity contribution is 6.30. The molecule has 0 radical (unpaired) electrons. The van der Waals surface area contributed by atoms with Gasteiger partial charge in [-0.2, -0.15) is 0 Å². The number of anilines is 2. The smallest absolute Gasteiger partial charge is 0.335 e. The molecule has 4 rings (SSSR count). The van der Waals surface area contributed by atoms with Crippen molar-refractivity contribution in [3.05, 3.63) is 71.5 Å². The number of hydrogen-bond donors (Lipinski definition) is 1. The maximum Gasteiger partial charge on any atom is 0.335 e. The van der Waals surface area contributed by atoms with Crippen molar-refractivity contribution in [2.24, 2.45) is 0 Å². The Morgan fingerprint density at radius 2 is 1.92 bits per heavy atom. The lowest BCUT2D eigenvalue weighted by molar-refractivity contribution is 0.0697. The van der Waals surface area contributed by atoms with E-state index in [-0.39, 0.29) is 5.56 Å². The van der Waals surface area contributed by atoms with Crippen LogP contribution in [0.25, 0.3) is 21.7 Å². The second-order valence-electron chi connectivity index (χ2n) is 5.93. The van der Waals surface area contributed by atoms with Gasteiger partial charge in [0.15, 0.2) is 0 Å². The van der Waals surface area contributed by atoms with Crippen LogP contribution in [0.3, 0.4) is 0 Å². The molecular weight excluding hydrogens is 350 g/mol. The number of aromatic nitrogens is 2. The largest absolute Gasteiger partial charge is 0.478 e. The summed E-state index contributed by atoms with van der Waals surface area (Å²) in [6, 6.07) is 14.3. The van der Waals surface area contributed by atoms with Crippen LogP contribution in [0.4, 0.5) is 11.5 Å². The minimum atomic E-state index is -0.982. The number of carboxylic acids is 1. The van der Waals surface area contributed by atoms with E-state index in [1.54, 1.807) is 30.6 Å². The molecule has 0 bridgehead atoms. The van der Waals surface area contributed by atoms with Crippen LogP contribution in [0.2, 0.25) is 5.02 Å². The predicted molar refractivity (Wildman–Crippen MR) is 104 cm³/mol. The van der Waals surface area contributed by atoms with Crippen molar-refractivity contribution in [3.63, 3.8) is 0 Å². The molecular formula is C20H14ClN3O2. The van der Waals surface area contributed by atoms with E-state index in [9.17, 15) is 9.90 Å². The molecule has 2 aromatic heterocycles. The molecule has 26 heavy (non-hydrogen) atoms. The Morgan fingerprint density at radius 3 is 2.69 bits per heavy atom. The van der Waals surface area contributed by atoms with E-state index in [2.05, 4.69) is 4.98 Å². The Hall–Kier alpha value is -3.18. The molecule has 0 amide bonds. The summed E-state index contributed by atoms with van der Waals surface area (Å²) in [5, 5.41) is 12.6. The summed E-state index contributed by atoms with van der Waals surface area (Å²) in [4.78, 5) is 22.2. The number of carboxylic acid groups (broad SMARTS) is 1. The highest BCUT2D eigenvalue weighted by atomic mass is 35.5.